The number of carbonyl (C=O) groups excluding carboxylic acids is 2. The molecule has 0 saturated carbocycles. The first-order valence-electron chi connectivity index (χ1n) is 11.1. The third kappa shape index (κ3) is 3.97. The van der Waals surface area contributed by atoms with Crippen molar-refractivity contribution in [2.24, 2.45) is 0 Å². The molecule has 1 aliphatic rings. The van der Waals surface area contributed by atoms with Gasteiger partial charge in [-0.3, -0.25) is 9.59 Å². The van der Waals surface area contributed by atoms with Gasteiger partial charge in [-0.05, 0) is 55.2 Å². The summed E-state index contributed by atoms with van der Waals surface area (Å²) >= 11 is 0. The molecule has 5 heterocycles. The first-order chi connectivity index (χ1) is 16.2. The van der Waals surface area contributed by atoms with Crippen molar-refractivity contribution in [3.63, 3.8) is 0 Å². The third-order valence-electron chi connectivity index (χ3n) is 6.14. The summed E-state index contributed by atoms with van der Waals surface area (Å²) in [5.41, 5.74) is 4.69. The zero-order chi connectivity index (χ0) is 22.8. The van der Waals surface area contributed by atoms with Crippen LogP contribution in [0.4, 0.5) is 0 Å². The Hall–Kier alpha value is -4.01. The number of carbonyl (C=O) groups is 2. The van der Waals surface area contributed by atoms with Gasteiger partial charge in [0, 0.05) is 48.5 Å². The second kappa shape index (κ2) is 8.85. The molecule has 168 valence electrons. The van der Waals surface area contributed by atoms with Crippen molar-refractivity contribution in [2.45, 2.75) is 31.7 Å². The van der Waals surface area contributed by atoms with E-state index in [1.54, 1.807) is 21.9 Å². The standard InChI is InChI=1S/C24H25N7O2/c1-2-22(32)30-13-4-3-6-21(30)24(33)26-11-8-16-14-18-17(9-12-25-23(18)29-16)19-15-28-31-20(19)7-5-10-27-31/h2,5,7,9-10,12,14-15,21H,1,3-4,6,8,11,13H2,(H,25,29)(H,26,33)/t21-/m0/s1. The fraction of sp³-hybridized carbons (Fsp3) is 0.292. The van der Waals surface area contributed by atoms with Gasteiger partial charge >= 0.3 is 0 Å². The summed E-state index contributed by atoms with van der Waals surface area (Å²) in [4.78, 5) is 34.3. The number of hydrogen-bond donors (Lipinski definition) is 2. The van der Waals surface area contributed by atoms with Crippen molar-refractivity contribution in [1.82, 2.24) is 35.0 Å². The molecule has 1 saturated heterocycles. The lowest BCUT2D eigenvalue weighted by molar-refractivity contribution is -0.138. The average Bonchev–Trinajstić information content (AvgIpc) is 3.47. The lowest BCUT2D eigenvalue weighted by Gasteiger charge is -2.33. The fourth-order valence-corrected chi connectivity index (χ4v) is 4.51. The number of H-pyrrole nitrogens is 1. The Morgan fingerprint density at radius 2 is 2.12 bits per heavy atom. The van der Waals surface area contributed by atoms with Crippen LogP contribution >= 0.6 is 0 Å². The number of nitrogens with one attached hydrogen (secondary N) is 2. The largest absolute Gasteiger partial charge is 0.354 e. The second-order valence-corrected chi connectivity index (χ2v) is 8.16. The minimum Gasteiger partial charge on any atom is -0.354 e. The molecule has 0 spiro atoms. The van der Waals surface area contributed by atoms with E-state index in [1.807, 2.05) is 24.4 Å². The predicted molar refractivity (Wildman–Crippen MR) is 124 cm³/mol. The van der Waals surface area contributed by atoms with Crippen molar-refractivity contribution >= 4 is 28.4 Å². The predicted octanol–water partition coefficient (Wildman–Crippen LogP) is 2.50. The van der Waals surface area contributed by atoms with Crippen molar-refractivity contribution < 1.29 is 9.59 Å². The summed E-state index contributed by atoms with van der Waals surface area (Å²) in [6, 6.07) is 7.48. The topological polar surface area (TPSA) is 108 Å². The summed E-state index contributed by atoms with van der Waals surface area (Å²) in [5.74, 6) is -0.300. The third-order valence-corrected chi connectivity index (χ3v) is 6.14. The van der Waals surface area contributed by atoms with Crippen molar-refractivity contribution in [3.05, 3.63) is 61.2 Å². The SMILES string of the molecule is C=CC(=O)N1CCCC[C@H]1C(=O)NCCc1cc2c(-c3cnn4ncccc34)ccnc2[nH]1. The van der Waals surface area contributed by atoms with Crippen molar-refractivity contribution in [1.29, 1.82) is 0 Å². The maximum atomic E-state index is 12.7. The summed E-state index contributed by atoms with van der Waals surface area (Å²) < 4.78 is 1.61. The van der Waals surface area contributed by atoms with E-state index in [0.29, 0.717) is 25.9 Å². The maximum Gasteiger partial charge on any atom is 0.246 e. The highest BCUT2D eigenvalue weighted by Crippen LogP contribution is 2.30. The molecular weight excluding hydrogens is 418 g/mol. The van der Waals surface area contributed by atoms with E-state index < -0.39 is 6.04 Å². The molecule has 1 atom stereocenters. The van der Waals surface area contributed by atoms with Crippen LogP contribution in [0.2, 0.25) is 0 Å². The van der Waals surface area contributed by atoms with Gasteiger partial charge in [-0.25, -0.2) is 4.98 Å². The van der Waals surface area contributed by atoms with Crippen LogP contribution in [0.15, 0.2) is 55.5 Å². The Bertz CT molecular complexity index is 1340. The van der Waals surface area contributed by atoms with Crippen LogP contribution in [0.25, 0.3) is 27.7 Å². The quantitative estimate of drug-likeness (QED) is 0.445. The Labute approximate surface area is 190 Å². The van der Waals surface area contributed by atoms with Gasteiger partial charge in [-0.2, -0.15) is 14.8 Å². The van der Waals surface area contributed by atoms with Crippen LogP contribution in [0.5, 0.6) is 0 Å². The number of amides is 2. The fourth-order valence-electron chi connectivity index (χ4n) is 4.51. The molecule has 0 unspecified atom stereocenters. The van der Waals surface area contributed by atoms with E-state index in [9.17, 15) is 9.59 Å². The lowest BCUT2D eigenvalue weighted by Crippen LogP contribution is -2.51. The van der Waals surface area contributed by atoms with E-state index >= 15 is 0 Å². The van der Waals surface area contributed by atoms with Crippen LogP contribution in [-0.2, 0) is 16.0 Å². The monoisotopic (exact) mass is 443 g/mol. The lowest BCUT2D eigenvalue weighted by atomic mass is 10.0. The van der Waals surface area contributed by atoms with Crippen LogP contribution in [0.1, 0.15) is 25.0 Å². The normalized spacial score (nSPS) is 16.2. The molecule has 1 fully saturated rings. The van der Waals surface area contributed by atoms with Gasteiger partial charge in [0.15, 0.2) is 0 Å². The van der Waals surface area contributed by atoms with Gasteiger partial charge in [0.1, 0.15) is 11.7 Å². The first-order valence-corrected chi connectivity index (χ1v) is 11.1. The van der Waals surface area contributed by atoms with Gasteiger partial charge in [-0.1, -0.05) is 6.58 Å². The number of nitrogens with zero attached hydrogens (tertiary/aromatic N) is 5. The van der Waals surface area contributed by atoms with Gasteiger partial charge in [-0.15, -0.1) is 0 Å². The van der Waals surface area contributed by atoms with Crippen LogP contribution < -0.4 is 5.32 Å². The number of pyridine rings is 1. The molecule has 2 amide bonds. The Kier molecular flexibility index (Phi) is 5.60. The number of aromatic nitrogens is 5. The zero-order valence-electron chi connectivity index (χ0n) is 18.2. The molecule has 33 heavy (non-hydrogen) atoms. The van der Waals surface area contributed by atoms with Crippen LogP contribution in [0, 0.1) is 0 Å². The number of likely N-dealkylation sites (tertiary alicyclic amines) is 1. The first kappa shape index (κ1) is 20.9. The number of piperidine rings is 1. The molecular formula is C24H25N7O2. The number of rotatable bonds is 6. The molecule has 0 radical (unpaired) electrons. The van der Waals surface area contributed by atoms with Crippen molar-refractivity contribution in [2.75, 3.05) is 13.1 Å². The molecule has 0 bridgehead atoms. The Balaban J connectivity index is 1.30. The highest BCUT2D eigenvalue weighted by molar-refractivity contribution is 5.97. The molecule has 2 N–H and O–H groups in total. The van der Waals surface area contributed by atoms with E-state index in [4.69, 9.17) is 0 Å². The summed E-state index contributed by atoms with van der Waals surface area (Å²) in [7, 11) is 0. The number of aromatic amines is 1. The summed E-state index contributed by atoms with van der Waals surface area (Å²) in [5, 5.41) is 12.6. The van der Waals surface area contributed by atoms with E-state index in [0.717, 1.165) is 46.2 Å². The Morgan fingerprint density at radius 3 is 3.00 bits per heavy atom. The van der Waals surface area contributed by atoms with E-state index in [2.05, 4.69) is 38.1 Å². The van der Waals surface area contributed by atoms with Gasteiger partial charge < -0.3 is 15.2 Å². The highest BCUT2D eigenvalue weighted by atomic mass is 16.2. The highest BCUT2D eigenvalue weighted by Gasteiger charge is 2.30. The minimum absolute atomic E-state index is 0.112. The zero-order valence-corrected chi connectivity index (χ0v) is 18.2. The maximum absolute atomic E-state index is 12.7. The smallest absolute Gasteiger partial charge is 0.246 e. The summed E-state index contributed by atoms with van der Waals surface area (Å²) in [6.07, 6.45) is 9.72. The van der Waals surface area contributed by atoms with Crippen LogP contribution in [0.3, 0.4) is 0 Å². The molecule has 0 aliphatic carbocycles. The summed E-state index contributed by atoms with van der Waals surface area (Å²) in [6.45, 7) is 4.61. The molecule has 9 nitrogen and oxygen atoms in total. The van der Waals surface area contributed by atoms with E-state index in [-0.39, 0.29) is 11.8 Å². The van der Waals surface area contributed by atoms with Crippen molar-refractivity contribution in [3.8, 4) is 11.1 Å². The van der Waals surface area contributed by atoms with E-state index in [1.165, 1.54) is 6.08 Å². The van der Waals surface area contributed by atoms with Gasteiger partial charge in [0.05, 0.1) is 11.7 Å². The average molecular weight is 444 g/mol. The number of fused-ring (bicyclic) bond motifs is 2. The number of hydrogen-bond acceptors (Lipinski definition) is 5. The molecule has 4 aromatic heterocycles. The van der Waals surface area contributed by atoms with Gasteiger partial charge in [0.25, 0.3) is 0 Å². The minimum atomic E-state index is -0.426. The van der Waals surface area contributed by atoms with Crippen LogP contribution in [-0.4, -0.2) is 60.6 Å². The second-order valence-electron chi connectivity index (χ2n) is 8.16. The Morgan fingerprint density at radius 1 is 1.21 bits per heavy atom. The van der Waals surface area contributed by atoms with Gasteiger partial charge in [0.2, 0.25) is 11.8 Å². The molecule has 9 heteroatoms. The molecule has 0 aromatic carbocycles. The molecule has 4 aromatic rings. The molecule has 1 aliphatic heterocycles. The molecule has 5 rings (SSSR count).